The molecule has 0 N–H and O–H groups in total. The summed E-state index contributed by atoms with van der Waals surface area (Å²) in [5.74, 6) is -0.0374. The van der Waals surface area contributed by atoms with Gasteiger partial charge in [0, 0.05) is 14.5 Å². The number of hydrogen-bond donors (Lipinski definition) is 0. The van der Waals surface area contributed by atoms with E-state index < -0.39 is 0 Å². The highest BCUT2D eigenvalue weighted by atomic mass is 79.9. The lowest BCUT2D eigenvalue weighted by molar-refractivity contribution is 0.104. The highest BCUT2D eigenvalue weighted by molar-refractivity contribution is 9.11. The quantitative estimate of drug-likeness (QED) is 0.510. The van der Waals surface area contributed by atoms with Crippen LogP contribution in [0.4, 0.5) is 0 Å². The van der Waals surface area contributed by atoms with E-state index in [4.69, 9.17) is 11.6 Å². The molecule has 6 heteroatoms. The zero-order valence-corrected chi connectivity index (χ0v) is 14.5. The molecule has 0 unspecified atom stereocenters. The second-order valence-corrected chi connectivity index (χ2v) is 7.83. The van der Waals surface area contributed by atoms with E-state index >= 15 is 0 Å². The van der Waals surface area contributed by atoms with Crippen LogP contribution in [0.1, 0.15) is 15.2 Å². The lowest BCUT2D eigenvalue weighted by Crippen LogP contribution is -1.98. The second-order valence-electron chi connectivity index (χ2n) is 3.22. The Balaban J connectivity index is 2.43. The average molecular weight is 459 g/mol. The highest BCUT2D eigenvalue weighted by Gasteiger charge is 2.15. The maximum Gasteiger partial charge on any atom is 0.203 e. The van der Waals surface area contributed by atoms with Crippen molar-refractivity contribution < 1.29 is 4.79 Å². The van der Waals surface area contributed by atoms with Crippen LogP contribution < -0.4 is 0 Å². The molecular weight excluding hydrogens is 455 g/mol. The van der Waals surface area contributed by atoms with Crippen molar-refractivity contribution in [3.63, 3.8) is 0 Å². The van der Waals surface area contributed by atoms with Gasteiger partial charge < -0.3 is 0 Å². The standard InChI is InChI=1S/C11H4Br3ClOS/c12-6-1-5(2-7(13)3-6)10(16)9-4-8(15)11(14)17-9/h1-4H. The van der Waals surface area contributed by atoms with Crippen molar-refractivity contribution in [1.82, 2.24) is 0 Å². The maximum atomic E-state index is 12.2. The topological polar surface area (TPSA) is 17.1 Å². The summed E-state index contributed by atoms with van der Waals surface area (Å²) < 4.78 is 2.49. The van der Waals surface area contributed by atoms with Crippen molar-refractivity contribution >= 4 is 76.5 Å². The minimum Gasteiger partial charge on any atom is -0.288 e. The van der Waals surface area contributed by atoms with E-state index in [2.05, 4.69) is 47.8 Å². The van der Waals surface area contributed by atoms with Crippen LogP contribution >= 0.6 is 70.7 Å². The number of hydrogen-bond acceptors (Lipinski definition) is 2. The fourth-order valence-electron chi connectivity index (χ4n) is 1.29. The van der Waals surface area contributed by atoms with Crippen LogP contribution in [0, 0.1) is 0 Å². The molecule has 0 amide bonds. The number of carbonyl (C=O) groups excluding carboxylic acids is 1. The zero-order chi connectivity index (χ0) is 12.6. The Morgan fingerprint density at radius 1 is 1.06 bits per heavy atom. The summed E-state index contributed by atoms with van der Waals surface area (Å²) in [5, 5.41) is 0.562. The second kappa shape index (κ2) is 5.53. The minimum atomic E-state index is -0.0374. The number of rotatable bonds is 2. The molecule has 1 nitrogen and oxygen atoms in total. The van der Waals surface area contributed by atoms with Crippen LogP contribution in [-0.4, -0.2) is 5.78 Å². The van der Waals surface area contributed by atoms with Crippen LogP contribution in [0.15, 0.2) is 37.0 Å². The number of ketones is 1. The van der Waals surface area contributed by atoms with Gasteiger partial charge >= 0.3 is 0 Å². The summed E-state index contributed by atoms with van der Waals surface area (Å²) in [6, 6.07) is 7.13. The molecule has 1 aromatic carbocycles. The Hall–Kier alpha value is 0.320. The van der Waals surface area contributed by atoms with Crippen LogP contribution in [0.5, 0.6) is 0 Å². The molecule has 1 heterocycles. The van der Waals surface area contributed by atoms with Crippen molar-refractivity contribution in [3.8, 4) is 0 Å². The summed E-state index contributed by atoms with van der Waals surface area (Å²) in [4.78, 5) is 12.8. The smallest absolute Gasteiger partial charge is 0.203 e. The van der Waals surface area contributed by atoms with Gasteiger partial charge in [-0.15, -0.1) is 11.3 Å². The van der Waals surface area contributed by atoms with Gasteiger partial charge in [0.05, 0.1) is 13.7 Å². The molecule has 0 aliphatic heterocycles. The number of benzene rings is 1. The molecule has 0 aliphatic carbocycles. The first-order valence-electron chi connectivity index (χ1n) is 4.43. The van der Waals surface area contributed by atoms with Crippen molar-refractivity contribution in [3.05, 3.63) is 52.5 Å². The number of thiophene rings is 1. The lowest BCUT2D eigenvalue weighted by Gasteiger charge is -2.00. The first-order valence-corrected chi connectivity index (χ1v) is 8.00. The van der Waals surface area contributed by atoms with Crippen LogP contribution in [0.2, 0.25) is 5.02 Å². The van der Waals surface area contributed by atoms with Crippen LogP contribution in [0.3, 0.4) is 0 Å². The molecule has 0 spiro atoms. The molecule has 0 radical (unpaired) electrons. The Bertz CT molecular complexity index is 555. The molecule has 0 bridgehead atoms. The molecular formula is C11H4Br3ClOS. The van der Waals surface area contributed by atoms with E-state index in [-0.39, 0.29) is 5.78 Å². The maximum absolute atomic E-state index is 12.2. The van der Waals surface area contributed by atoms with Gasteiger partial charge in [-0.05, 0) is 40.2 Å². The van der Waals surface area contributed by atoms with Crippen LogP contribution in [0.25, 0.3) is 0 Å². The Kier molecular flexibility index (Phi) is 4.47. The molecule has 2 rings (SSSR count). The first kappa shape index (κ1) is 13.7. The molecule has 0 saturated heterocycles. The van der Waals surface area contributed by atoms with Crippen molar-refractivity contribution in [1.29, 1.82) is 0 Å². The molecule has 17 heavy (non-hydrogen) atoms. The molecule has 0 fully saturated rings. The van der Waals surface area contributed by atoms with E-state index in [1.165, 1.54) is 11.3 Å². The average Bonchev–Trinajstić information content (AvgIpc) is 2.57. The largest absolute Gasteiger partial charge is 0.288 e. The first-order chi connectivity index (χ1) is 7.97. The molecule has 2 aromatic rings. The molecule has 0 atom stereocenters. The molecule has 88 valence electrons. The summed E-state index contributed by atoms with van der Waals surface area (Å²) >= 11 is 17.3. The lowest BCUT2D eigenvalue weighted by atomic mass is 10.1. The van der Waals surface area contributed by atoms with Crippen molar-refractivity contribution in [2.75, 3.05) is 0 Å². The van der Waals surface area contributed by atoms with Gasteiger partial charge in [-0.1, -0.05) is 43.5 Å². The predicted octanol–water partition coefficient (Wildman–Crippen LogP) is 5.92. The van der Waals surface area contributed by atoms with Crippen molar-refractivity contribution in [2.24, 2.45) is 0 Å². The third kappa shape index (κ3) is 3.20. The van der Waals surface area contributed by atoms with Gasteiger partial charge in [0.15, 0.2) is 0 Å². The predicted molar refractivity (Wildman–Crippen MR) is 82.3 cm³/mol. The third-order valence-corrected chi connectivity index (χ3v) is 5.38. The van der Waals surface area contributed by atoms with E-state index in [0.717, 1.165) is 12.7 Å². The van der Waals surface area contributed by atoms with Gasteiger partial charge in [-0.2, -0.15) is 0 Å². The highest BCUT2D eigenvalue weighted by Crippen LogP contribution is 2.33. The van der Waals surface area contributed by atoms with Gasteiger partial charge in [-0.3, -0.25) is 4.79 Å². The molecule has 0 aliphatic rings. The van der Waals surface area contributed by atoms with Gasteiger partial charge in [0.25, 0.3) is 0 Å². The van der Waals surface area contributed by atoms with Crippen molar-refractivity contribution in [2.45, 2.75) is 0 Å². The van der Waals surface area contributed by atoms with Gasteiger partial charge in [0.1, 0.15) is 0 Å². The zero-order valence-electron chi connectivity index (χ0n) is 8.14. The summed E-state index contributed by atoms with van der Waals surface area (Å²) in [5.41, 5.74) is 0.622. The Morgan fingerprint density at radius 2 is 1.65 bits per heavy atom. The normalized spacial score (nSPS) is 10.6. The summed E-state index contributed by atoms with van der Waals surface area (Å²) in [6.07, 6.45) is 0. The minimum absolute atomic E-state index is 0.0374. The van der Waals surface area contributed by atoms with Gasteiger partial charge in [-0.25, -0.2) is 0 Å². The molecule has 1 aromatic heterocycles. The monoisotopic (exact) mass is 456 g/mol. The fourth-order valence-corrected chi connectivity index (χ4v) is 4.24. The number of carbonyl (C=O) groups is 1. The summed E-state index contributed by atoms with van der Waals surface area (Å²) in [7, 11) is 0. The van der Waals surface area contributed by atoms with Gasteiger partial charge in [0.2, 0.25) is 5.78 Å². The fraction of sp³-hybridized carbons (Fsp3) is 0. The Labute approximate surface area is 133 Å². The van der Waals surface area contributed by atoms with E-state index in [1.54, 1.807) is 18.2 Å². The third-order valence-electron chi connectivity index (χ3n) is 1.99. The van der Waals surface area contributed by atoms with E-state index in [0.29, 0.717) is 15.5 Å². The van der Waals surface area contributed by atoms with Crippen LogP contribution in [-0.2, 0) is 0 Å². The summed E-state index contributed by atoms with van der Waals surface area (Å²) in [6.45, 7) is 0. The van der Waals surface area contributed by atoms with E-state index in [9.17, 15) is 4.79 Å². The Morgan fingerprint density at radius 3 is 2.12 bits per heavy atom. The molecule has 0 saturated carbocycles. The SMILES string of the molecule is O=C(c1cc(Br)cc(Br)c1)c1cc(Cl)c(Br)s1. The van der Waals surface area contributed by atoms with E-state index in [1.807, 2.05) is 6.07 Å². The number of halogens is 4.